The van der Waals surface area contributed by atoms with Crippen LogP contribution < -0.4 is 0 Å². The lowest BCUT2D eigenvalue weighted by molar-refractivity contribution is -0.132. The van der Waals surface area contributed by atoms with E-state index in [0.717, 1.165) is 6.54 Å². The molecule has 0 aliphatic carbocycles. The molecule has 2 rings (SSSR count). The third kappa shape index (κ3) is 1.58. The van der Waals surface area contributed by atoms with Crippen molar-refractivity contribution in [2.45, 2.75) is 0 Å². The lowest BCUT2D eigenvalue weighted by atomic mass is 10.2. The van der Waals surface area contributed by atoms with Crippen LogP contribution in [0.3, 0.4) is 0 Å². The summed E-state index contributed by atoms with van der Waals surface area (Å²) in [5.41, 5.74) is 0.287. The number of carboxylic acid groups (broad SMARTS) is 1. The van der Waals surface area contributed by atoms with E-state index in [1.54, 1.807) is 12.2 Å². The topological polar surface area (TPSA) is 52.9 Å². The number of aliphatic imine (C=N–C) groups is 1. The molecule has 70 valence electrons. The third-order valence-corrected chi connectivity index (χ3v) is 1.87. The van der Waals surface area contributed by atoms with Crippen molar-refractivity contribution in [2.24, 2.45) is 4.99 Å². The van der Waals surface area contributed by atoms with Crippen LogP contribution in [0.2, 0.25) is 0 Å². The van der Waals surface area contributed by atoms with Gasteiger partial charge in [0, 0.05) is 12.7 Å². The maximum absolute atomic E-state index is 10.7. The van der Waals surface area contributed by atoms with Crippen LogP contribution in [0.25, 0.3) is 0 Å². The summed E-state index contributed by atoms with van der Waals surface area (Å²) in [6, 6.07) is 0. The predicted octanol–water partition coefficient (Wildman–Crippen LogP) is 0.661. The Morgan fingerprint density at radius 1 is 1.62 bits per heavy atom. The molecule has 0 saturated carbocycles. The normalized spacial score (nSPS) is 18.6. The van der Waals surface area contributed by atoms with Crippen molar-refractivity contribution in [3.8, 4) is 0 Å². The fourth-order valence-electron chi connectivity index (χ4n) is 1.33. The first-order valence-electron chi connectivity index (χ1n) is 3.72. The van der Waals surface area contributed by atoms with Gasteiger partial charge in [0.1, 0.15) is 11.4 Å². The SMILES string of the molecule is Cl.O=C(O)C1=CC=CN2CCN=C12. The van der Waals surface area contributed by atoms with Gasteiger partial charge >= 0.3 is 5.97 Å². The Kier molecular flexibility index (Phi) is 2.72. The second-order valence-corrected chi connectivity index (χ2v) is 2.63. The van der Waals surface area contributed by atoms with Gasteiger partial charge in [0.25, 0.3) is 0 Å². The van der Waals surface area contributed by atoms with Gasteiger partial charge in [-0.2, -0.15) is 0 Å². The minimum absolute atomic E-state index is 0. The van der Waals surface area contributed by atoms with Crippen LogP contribution in [0.5, 0.6) is 0 Å². The number of amidine groups is 1. The number of hydrogen-bond acceptors (Lipinski definition) is 3. The molecule has 2 heterocycles. The van der Waals surface area contributed by atoms with Crippen molar-refractivity contribution in [3.63, 3.8) is 0 Å². The Morgan fingerprint density at radius 3 is 3.08 bits per heavy atom. The van der Waals surface area contributed by atoms with Gasteiger partial charge in [-0.15, -0.1) is 12.4 Å². The van der Waals surface area contributed by atoms with E-state index in [4.69, 9.17) is 5.11 Å². The number of halogens is 1. The predicted molar refractivity (Wildman–Crippen MR) is 51.1 cm³/mol. The molecule has 2 aliphatic heterocycles. The monoisotopic (exact) mass is 200 g/mol. The smallest absolute Gasteiger partial charge is 0.339 e. The number of hydrogen-bond donors (Lipinski definition) is 1. The molecular weight excluding hydrogens is 192 g/mol. The number of carbonyl (C=O) groups is 1. The molecule has 0 amide bonds. The molecule has 0 spiro atoms. The van der Waals surface area contributed by atoms with E-state index >= 15 is 0 Å². The molecule has 0 saturated heterocycles. The minimum atomic E-state index is -0.912. The van der Waals surface area contributed by atoms with Crippen molar-refractivity contribution >= 4 is 24.2 Å². The molecule has 0 radical (unpaired) electrons. The third-order valence-electron chi connectivity index (χ3n) is 1.87. The fraction of sp³-hybridized carbons (Fsp3) is 0.250. The van der Waals surface area contributed by atoms with Gasteiger partial charge in [0.15, 0.2) is 0 Å². The largest absolute Gasteiger partial charge is 0.478 e. The Morgan fingerprint density at radius 2 is 2.38 bits per heavy atom. The van der Waals surface area contributed by atoms with Crippen molar-refractivity contribution in [1.82, 2.24) is 4.90 Å². The van der Waals surface area contributed by atoms with E-state index in [2.05, 4.69) is 4.99 Å². The molecule has 0 aromatic rings. The van der Waals surface area contributed by atoms with Gasteiger partial charge < -0.3 is 10.0 Å². The molecule has 0 unspecified atom stereocenters. The number of rotatable bonds is 1. The molecule has 2 aliphatic rings. The van der Waals surface area contributed by atoms with E-state index in [-0.39, 0.29) is 18.0 Å². The zero-order valence-corrected chi connectivity index (χ0v) is 7.62. The van der Waals surface area contributed by atoms with Gasteiger partial charge in [0.05, 0.1) is 6.54 Å². The van der Waals surface area contributed by atoms with Gasteiger partial charge in [-0.3, -0.25) is 4.99 Å². The summed E-state index contributed by atoms with van der Waals surface area (Å²) in [6.07, 6.45) is 5.15. The number of fused-ring (bicyclic) bond motifs is 1. The van der Waals surface area contributed by atoms with E-state index < -0.39 is 5.97 Å². The highest BCUT2D eigenvalue weighted by Gasteiger charge is 2.24. The van der Waals surface area contributed by atoms with Crippen LogP contribution in [0, 0.1) is 0 Å². The van der Waals surface area contributed by atoms with Gasteiger partial charge in [-0.05, 0) is 12.2 Å². The summed E-state index contributed by atoms with van der Waals surface area (Å²) in [4.78, 5) is 16.6. The first-order chi connectivity index (χ1) is 5.79. The molecule has 0 aromatic carbocycles. The number of nitrogens with zero attached hydrogens (tertiary/aromatic N) is 2. The molecule has 13 heavy (non-hydrogen) atoms. The Hall–Kier alpha value is -1.29. The number of carboxylic acids is 1. The van der Waals surface area contributed by atoms with Crippen LogP contribution in [0.15, 0.2) is 28.9 Å². The Bertz CT molecular complexity index is 320. The fourth-order valence-corrected chi connectivity index (χ4v) is 1.33. The number of allylic oxidation sites excluding steroid dienone is 2. The van der Waals surface area contributed by atoms with Crippen LogP contribution >= 0.6 is 12.4 Å². The van der Waals surface area contributed by atoms with Gasteiger partial charge in [-0.25, -0.2) is 4.79 Å². The molecule has 0 atom stereocenters. The zero-order chi connectivity index (χ0) is 8.55. The average Bonchev–Trinajstić information content (AvgIpc) is 2.49. The lowest BCUT2D eigenvalue weighted by Crippen LogP contribution is -2.28. The quantitative estimate of drug-likeness (QED) is 0.677. The molecule has 4 nitrogen and oxygen atoms in total. The molecule has 0 fully saturated rings. The van der Waals surface area contributed by atoms with Crippen LogP contribution in [-0.4, -0.2) is 34.9 Å². The summed E-state index contributed by atoms with van der Waals surface area (Å²) in [6.45, 7) is 1.47. The van der Waals surface area contributed by atoms with Crippen molar-refractivity contribution < 1.29 is 9.90 Å². The first kappa shape index (κ1) is 9.80. The highest BCUT2D eigenvalue weighted by atomic mass is 35.5. The second kappa shape index (κ2) is 3.62. The highest BCUT2D eigenvalue weighted by molar-refractivity contribution is 6.19. The minimum Gasteiger partial charge on any atom is -0.478 e. The van der Waals surface area contributed by atoms with E-state index in [1.165, 1.54) is 0 Å². The summed E-state index contributed by atoms with van der Waals surface area (Å²) < 4.78 is 0. The Balaban J connectivity index is 0.000000845. The standard InChI is InChI=1S/C8H8N2O2.ClH/c11-8(12)6-2-1-4-10-5-3-9-7(6)10;/h1-2,4H,3,5H2,(H,11,12);1H. The number of aliphatic carboxylic acids is 1. The van der Waals surface area contributed by atoms with Gasteiger partial charge in [-0.1, -0.05) is 0 Å². The zero-order valence-electron chi connectivity index (χ0n) is 6.80. The summed E-state index contributed by atoms with van der Waals surface area (Å²) in [5.74, 6) is -0.324. The van der Waals surface area contributed by atoms with E-state index in [1.807, 2.05) is 11.1 Å². The van der Waals surface area contributed by atoms with Crippen molar-refractivity contribution in [3.05, 3.63) is 23.9 Å². The molecular formula is C8H9ClN2O2. The van der Waals surface area contributed by atoms with Crippen LogP contribution in [0.1, 0.15) is 0 Å². The van der Waals surface area contributed by atoms with Crippen molar-refractivity contribution in [2.75, 3.05) is 13.1 Å². The van der Waals surface area contributed by atoms with E-state index in [9.17, 15) is 4.79 Å². The molecule has 0 aromatic heterocycles. The second-order valence-electron chi connectivity index (χ2n) is 2.63. The maximum Gasteiger partial charge on any atom is 0.339 e. The summed E-state index contributed by atoms with van der Waals surface area (Å²) >= 11 is 0. The van der Waals surface area contributed by atoms with E-state index in [0.29, 0.717) is 12.4 Å². The van der Waals surface area contributed by atoms with Gasteiger partial charge in [0.2, 0.25) is 0 Å². The van der Waals surface area contributed by atoms with Crippen LogP contribution in [0.4, 0.5) is 0 Å². The van der Waals surface area contributed by atoms with Crippen molar-refractivity contribution in [1.29, 1.82) is 0 Å². The lowest BCUT2D eigenvalue weighted by Gasteiger charge is -2.18. The molecule has 5 heteroatoms. The summed E-state index contributed by atoms with van der Waals surface area (Å²) in [7, 11) is 0. The maximum atomic E-state index is 10.7. The molecule has 1 N–H and O–H groups in total. The summed E-state index contributed by atoms with van der Waals surface area (Å²) in [5, 5.41) is 8.78. The molecule has 0 bridgehead atoms. The average molecular weight is 201 g/mol. The van der Waals surface area contributed by atoms with Crippen LogP contribution in [-0.2, 0) is 4.79 Å². The highest BCUT2D eigenvalue weighted by Crippen LogP contribution is 2.15. The first-order valence-corrected chi connectivity index (χ1v) is 3.72. The Labute approximate surface area is 81.7 Å².